The summed E-state index contributed by atoms with van der Waals surface area (Å²) in [5.41, 5.74) is -0.147. The fourth-order valence-electron chi connectivity index (χ4n) is 1.92. The van der Waals surface area contributed by atoms with Crippen LogP contribution in [-0.2, 0) is 14.9 Å². The van der Waals surface area contributed by atoms with E-state index in [1.807, 2.05) is 36.4 Å². The zero-order valence-corrected chi connectivity index (χ0v) is 12.6. The first-order valence-electron chi connectivity index (χ1n) is 6.35. The van der Waals surface area contributed by atoms with Crippen LogP contribution in [0.4, 0.5) is 0 Å². The van der Waals surface area contributed by atoms with E-state index in [1.165, 1.54) is 0 Å². The van der Waals surface area contributed by atoms with Gasteiger partial charge in [-0.25, -0.2) is 0 Å². The number of amides is 1. The van der Waals surface area contributed by atoms with Gasteiger partial charge in [-0.05, 0) is 25.0 Å². The number of hydrogen-bond acceptors (Lipinski definition) is 3. The summed E-state index contributed by atoms with van der Waals surface area (Å²) < 4.78 is 31.2. The van der Waals surface area contributed by atoms with Gasteiger partial charge in [-0.15, -0.1) is 0 Å². The summed E-state index contributed by atoms with van der Waals surface area (Å²) in [7, 11) is -4.21. The zero-order chi connectivity index (χ0) is 15.9. The average molecular weight is 333 g/mol. The summed E-state index contributed by atoms with van der Waals surface area (Å²) in [6, 6.07) is 9.47. The predicted octanol–water partition coefficient (Wildman–Crippen LogP) is 1.39. The van der Waals surface area contributed by atoms with E-state index in [2.05, 4.69) is 11.9 Å². The second-order valence-corrected chi connectivity index (χ2v) is 6.45. The number of carbonyl (C=O) groups excluding carboxylic acids is 1. The Morgan fingerprint density at radius 2 is 1.95 bits per heavy atom. The summed E-state index contributed by atoms with van der Waals surface area (Å²) in [6.45, 7) is 4.88. The molecule has 5 nitrogen and oxygen atoms in total. The fourth-order valence-corrected chi connectivity index (χ4v) is 2.91. The maximum atomic E-state index is 11.4. The molecule has 0 fully saturated rings. The fraction of sp³-hybridized carbons (Fsp3) is 0.267. The number of hydrogen-bond donors (Lipinski definition) is 2. The predicted molar refractivity (Wildman–Crippen MR) is 90.4 cm³/mol. The van der Waals surface area contributed by atoms with Crippen molar-refractivity contribution in [1.29, 1.82) is 0 Å². The SMILES string of the molecule is C=CC(=O)NC(C)(CC=Cc1ccccc1)CS(=O)(=O)O.[NaH]. The Morgan fingerprint density at radius 1 is 1.36 bits per heavy atom. The molecule has 2 N–H and O–H groups in total. The molecule has 1 amide bonds. The monoisotopic (exact) mass is 333 g/mol. The average Bonchev–Trinajstić information content (AvgIpc) is 2.37. The van der Waals surface area contributed by atoms with E-state index < -0.39 is 27.3 Å². The third kappa shape index (κ3) is 8.51. The molecule has 0 radical (unpaired) electrons. The van der Waals surface area contributed by atoms with E-state index in [0.29, 0.717) is 0 Å². The van der Waals surface area contributed by atoms with Gasteiger partial charge in [0, 0.05) is 0 Å². The third-order valence-corrected chi connectivity index (χ3v) is 3.79. The Hall–Kier alpha value is -0.920. The Morgan fingerprint density at radius 3 is 2.45 bits per heavy atom. The molecule has 1 unspecified atom stereocenters. The molecule has 1 aromatic carbocycles. The van der Waals surface area contributed by atoms with Crippen LogP contribution < -0.4 is 5.32 Å². The van der Waals surface area contributed by atoms with Crippen LogP contribution in [0.5, 0.6) is 0 Å². The molecule has 0 spiro atoms. The first kappa shape index (κ1) is 21.1. The Bertz CT molecular complexity index is 628. The van der Waals surface area contributed by atoms with Crippen LogP contribution in [0.3, 0.4) is 0 Å². The van der Waals surface area contributed by atoms with Gasteiger partial charge in [-0.3, -0.25) is 9.35 Å². The van der Waals surface area contributed by atoms with Crippen LogP contribution in [0.1, 0.15) is 18.9 Å². The molecule has 0 saturated heterocycles. The van der Waals surface area contributed by atoms with E-state index in [-0.39, 0.29) is 36.0 Å². The molecular formula is C15H20NNaO4S. The molecule has 0 saturated carbocycles. The van der Waals surface area contributed by atoms with Crippen LogP contribution in [0, 0.1) is 0 Å². The van der Waals surface area contributed by atoms with Crippen molar-refractivity contribution in [1.82, 2.24) is 5.32 Å². The molecule has 0 bridgehead atoms. The van der Waals surface area contributed by atoms with Gasteiger partial charge in [0.15, 0.2) is 0 Å². The van der Waals surface area contributed by atoms with Crippen molar-refractivity contribution < 1.29 is 17.8 Å². The number of benzene rings is 1. The van der Waals surface area contributed by atoms with Crippen LogP contribution in [0.15, 0.2) is 49.1 Å². The van der Waals surface area contributed by atoms with Gasteiger partial charge in [0.1, 0.15) is 0 Å². The molecule has 0 aromatic heterocycles. The summed E-state index contributed by atoms with van der Waals surface area (Å²) in [5.74, 6) is -1.06. The van der Waals surface area contributed by atoms with Crippen molar-refractivity contribution in [2.75, 3.05) is 5.75 Å². The van der Waals surface area contributed by atoms with E-state index >= 15 is 0 Å². The second kappa shape index (κ2) is 9.27. The number of nitrogens with one attached hydrogen (secondary N) is 1. The zero-order valence-electron chi connectivity index (χ0n) is 11.8. The summed E-state index contributed by atoms with van der Waals surface area (Å²) in [4.78, 5) is 11.4. The van der Waals surface area contributed by atoms with Crippen molar-refractivity contribution in [3.8, 4) is 0 Å². The minimum atomic E-state index is -4.21. The minimum absolute atomic E-state index is 0. The van der Waals surface area contributed by atoms with Crippen LogP contribution in [-0.4, -0.2) is 59.7 Å². The van der Waals surface area contributed by atoms with Gasteiger partial charge < -0.3 is 5.32 Å². The molecule has 0 aliphatic rings. The molecule has 0 aliphatic carbocycles. The van der Waals surface area contributed by atoms with Gasteiger partial charge in [0.25, 0.3) is 10.1 Å². The second-order valence-electron chi connectivity index (χ2n) is 5.00. The topological polar surface area (TPSA) is 83.5 Å². The van der Waals surface area contributed by atoms with Crippen molar-refractivity contribution >= 4 is 51.7 Å². The van der Waals surface area contributed by atoms with Crippen molar-refractivity contribution in [2.24, 2.45) is 0 Å². The standard InChI is InChI=1S/C15H19NO4S.Na.H/c1-3-14(17)16-15(2,12-21(18,19)20)11-7-10-13-8-5-4-6-9-13;;/h3-10H,1,11-12H2,2H3,(H,16,17)(H,18,19,20);;. The molecule has 0 aliphatic heterocycles. The number of carbonyl (C=O) groups is 1. The van der Waals surface area contributed by atoms with E-state index in [1.54, 1.807) is 13.0 Å². The van der Waals surface area contributed by atoms with E-state index in [0.717, 1.165) is 11.6 Å². The summed E-state index contributed by atoms with van der Waals surface area (Å²) in [5, 5.41) is 2.54. The van der Waals surface area contributed by atoms with Gasteiger partial charge in [0.2, 0.25) is 5.91 Å². The first-order valence-corrected chi connectivity index (χ1v) is 7.96. The first-order chi connectivity index (χ1) is 9.74. The van der Waals surface area contributed by atoms with Crippen molar-refractivity contribution in [3.63, 3.8) is 0 Å². The Balaban J connectivity index is 0.00000441. The Kier molecular flexibility index (Phi) is 8.88. The van der Waals surface area contributed by atoms with Crippen LogP contribution >= 0.6 is 0 Å². The Labute approximate surface area is 153 Å². The van der Waals surface area contributed by atoms with Gasteiger partial charge in [-0.1, -0.05) is 49.1 Å². The molecule has 0 heterocycles. The number of rotatable bonds is 7. The normalized spacial score (nSPS) is 13.9. The van der Waals surface area contributed by atoms with Crippen molar-refractivity contribution in [3.05, 3.63) is 54.6 Å². The maximum absolute atomic E-state index is 11.4. The van der Waals surface area contributed by atoms with E-state index in [4.69, 9.17) is 4.55 Å². The summed E-state index contributed by atoms with van der Waals surface area (Å²) >= 11 is 0. The summed E-state index contributed by atoms with van der Waals surface area (Å²) in [6.07, 6.45) is 4.89. The van der Waals surface area contributed by atoms with Crippen LogP contribution in [0.25, 0.3) is 6.08 Å². The van der Waals surface area contributed by atoms with Crippen molar-refractivity contribution in [2.45, 2.75) is 18.9 Å². The molecule has 7 heteroatoms. The van der Waals surface area contributed by atoms with E-state index in [9.17, 15) is 13.2 Å². The molecular weight excluding hydrogens is 313 g/mol. The van der Waals surface area contributed by atoms with Crippen LogP contribution in [0.2, 0.25) is 0 Å². The molecule has 1 rings (SSSR count). The molecule has 1 aromatic rings. The van der Waals surface area contributed by atoms with Gasteiger partial charge >= 0.3 is 29.6 Å². The molecule has 22 heavy (non-hydrogen) atoms. The quantitative estimate of drug-likeness (QED) is 0.449. The molecule has 116 valence electrons. The van der Waals surface area contributed by atoms with Gasteiger partial charge in [-0.2, -0.15) is 8.42 Å². The third-order valence-electron chi connectivity index (χ3n) is 2.79. The molecule has 1 atom stereocenters. The van der Waals surface area contributed by atoms with Gasteiger partial charge in [0.05, 0.1) is 11.3 Å².